The topological polar surface area (TPSA) is 0 Å². The summed E-state index contributed by atoms with van der Waals surface area (Å²) in [6, 6.07) is 0. The van der Waals surface area contributed by atoms with Gasteiger partial charge in [-0.25, -0.2) is 0 Å². The maximum absolute atomic E-state index is 0. The van der Waals surface area contributed by atoms with E-state index in [1.807, 2.05) is 0 Å². The first kappa shape index (κ1) is 39.3. The van der Waals surface area contributed by atoms with Crippen LogP contribution >= 0.6 is 0 Å². The number of rotatable bonds is 0. The largest absolute Gasteiger partial charge is 0 e. The molecule has 0 aliphatic heterocycles. The Balaban J connectivity index is 0. The Kier molecular flexibility index (Phi) is 204. The van der Waals surface area contributed by atoms with Crippen LogP contribution in [-0.4, -0.2) is 23.9 Å². The van der Waals surface area contributed by atoms with Crippen LogP contribution in [0.3, 0.4) is 0 Å². The van der Waals surface area contributed by atoms with Crippen LogP contribution in [0.5, 0.6) is 0 Å². The smallest absolute Gasteiger partial charge is 0 e. The third-order valence-electron chi connectivity index (χ3n) is 0. The molecule has 0 unspecified atom stereocenters. The molecule has 0 bridgehead atoms. The molecule has 0 rings (SSSR count). The van der Waals surface area contributed by atoms with E-state index in [0.29, 0.717) is 0 Å². The Bertz CT molecular complexity index is 11.6. The zero-order valence-corrected chi connectivity index (χ0v) is 12.2. The van der Waals surface area contributed by atoms with Crippen LogP contribution in [0, 0.1) is 0 Å². The Hall–Kier alpha value is 3.46. The summed E-state index contributed by atoms with van der Waals surface area (Å²) < 4.78 is 0. The molecule has 4 radical (unpaired) electrons. The van der Waals surface area contributed by atoms with Gasteiger partial charge >= 0.3 is 23.9 Å². The van der Waals surface area contributed by atoms with Crippen LogP contribution in [-0.2, 0) is 82.2 Å². The normalized spacial score (nSPS) is 0. The number of hydrogen-bond acceptors (Lipinski definition) is 0. The third-order valence-corrected chi connectivity index (χ3v) is 0. The van der Waals surface area contributed by atoms with E-state index in [2.05, 4.69) is 0 Å². The molecule has 0 aliphatic carbocycles. The van der Waals surface area contributed by atoms with Gasteiger partial charge in [0.15, 0.2) is 0 Å². The molecule has 0 atom stereocenters. The molecule has 5 heavy (non-hydrogen) atoms. The Morgan fingerprint density at radius 1 is 1.00 bits per heavy atom. The summed E-state index contributed by atoms with van der Waals surface area (Å²) in [5.74, 6) is 0. The van der Waals surface area contributed by atoms with Gasteiger partial charge in [0, 0.05) is 82.2 Å². The van der Waals surface area contributed by atoms with E-state index < -0.39 is 0 Å². The molecule has 0 aromatic heterocycles. The second kappa shape index (κ2) is 26.0. The fourth-order valence-corrected chi connectivity index (χ4v) is 0. The minimum atomic E-state index is 0. The first-order valence-corrected chi connectivity index (χ1v) is 0. The van der Waals surface area contributed by atoms with Gasteiger partial charge in [0.25, 0.3) is 0 Å². The summed E-state index contributed by atoms with van der Waals surface area (Å²) in [4.78, 5) is 0. The van der Waals surface area contributed by atoms with E-state index in [0.717, 1.165) is 0 Å². The van der Waals surface area contributed by atoms with E-state index in [1.165, 1.54) is 0 Å². The van der Waals surface area contributed by atoms with Gasteiger partial charge < -0.3 is 0 Å². The maximum Gasteiger partial charge on any atom is 0 e. The first-order chi connectivity index (χ1) is 0. The first-order valence-electron chi connectivity index (χ1n) is 0. The second-order valence-electron chi connectivity index (χ2n) is 0. The van der Waals surface area contributed by atoms with Crippen LogP contribution in [0.4, 0.5) is 0 Å². The quantitative estimate of drug-likeness (QED) is 0.432. The van der Waals surface area contributed by atoms with E-state index in [1.54, 1.807) is 0 Å². The summed E-state index contributed by atoms with van der Waals surface area (Å²) in [7, 11) is 0. The molecule has 0 saturated heterocycles. The summed E-state index contributed by atoms with van der Waals surface area (Å²) in [6.07, 6.45) is 0. The zero-order valence-electron chi connectivity index (χ0n) is 2.22. The molecule has 0 aromatic carbocycles. The molecule has 0 aliphatic rings. The Labute approximate surface area is 104 Å². The molecular formula is H2AgCuMoSnTi. The van der Waals surface area contributed by atoms with Crippen molar-refractivity contribution in [3.63, 3.8) is 0 Å². The van der Waals surface area contributed by atoms with Gasteiger partial charge in [0.2, 0.25) is 0 Å². The van der Waals surface area contributed by atoms with E-state index in [9.17, 15) is 0 Å². The Morgan fingerprint density at radius 3 is 1.00 bits per heavy atom. The minimum absolute atomic E-state index is 0. The molecule has 0 fully saturated rings. The molecule has 0 saturated carbocycles. The standard InChI is InChI=1S/Ag.Cu.Mo.Sn.Ti.2H. The van der Waals surface area contributed by atoms with Crippen LogP contribution in [0.25, 0.3) is 0 Å². The van der Waals surface area contributed by atoms with Crippen molar-refractivity contribution < 1.29 is 82.2 Å². The van der Waals surface area contributed by atoms with Gasteiger partial charge in [0.05, 0.1) is 0 Å². The molecular weight excluding hydrogens is 434 g/mol. The fourth-order valence-electron chi connectivity index (χ4n) is 0. The third kappa shape index (κ3) is 18.6. The molecule has 0 N–H and O–H groups in total. The Morgan fingerprint density at radius 2 is 1.00 bits per heavy atom. The average Bonchev–Trinajstić information content (AvgIpc) is 0. The molecule has 38 valence electrons. The monoisotopic (exact) mass is 438 g/mol. The van der Waals surface area contributed by atoms with Gasteiger partial charge in [-0.3, -0.25) is 0 Å². The van der Waals surface area contributed by atoms with Crippen molar-refractivity contribution in [1.29, 1.82) is 0 Å². The summed E-state index contributed by atoms with van der Waals surface area (Å²) in [5, 5.41) is 0. The van der Waals surface area contributed by atoms with E-state index in [-0.39, 0.29) is 106 Å². The molecule has 0 amide bonds. The predicted octanol–water partition coefficient (Wildman–Crippen LogP) is -0.926. The summed E-state index contributed by atoms with van der Waals surface area (Å²) in [5.41, 5.74) is 0. The van der Waals surface area contributed by atoms with E-state index >= 15 is 0 Å². The van der Waals surface area contributed by atoms with Crippen molar-refractivity contribution in [3.05, 3.63) is 0 Å². The van der Waals surface area contributed by atoms with Crippen molar-refractivity contribution in [2.45, 2.75) is 0 Å². The van der Waals surface area contributed by atoms with Crippen LogP contribution in [0.1, 0.15) is 0 Å². The van der Waals surface area contributed by atoms with Gasteiger partial charge in [-0.05, 0) is 0 Å². The van der Waals surface area contributed by atoms with Gasteiger partial charge in [-0.15, -0.1) is 0 Å². The van der Waals surface area contributed by atoms with Crippen LogP contribution in [0.15, 0.2) is 0 Å². The molecule has 5 heteroatoms. The fraction of sp³-hybridized carbons (Fsp3) is 0. The van der Waals surface area contributed by atoms with Crippen molar-refractivity contribution in [2.24, 2.45) is 0 Å². The van der Waals surface area contributed by atoms with Crippen molar-refractivity contribution in [2.75, 3.05) is 0 Å². The van der Waals surface area contributed by atoms with Crippen molar-refractivity contribution >= 4 is 23.9 Å². The van der Waals surface area contributed by atoms with Crippen molar-refractivity contribution in [1.82, 2.24) is 0 Å². The molecule has 0 heterocycles. The molecule has 0 aromatic rings. The summed E-state index contributed by atoms with van der Waals surface area (Å²) in [6.45, 7) is 0. The maximum atomic E-state index is 0. The second-order valence-corrected chi connectivity index (χ2v) is 0. The van der Waals surface area contributed by atoms with Gasteiger partial charge in [-0.2, -0.15) is 0 Å². The molecule has 0 spiro atoms. The number of hydrogen-bond donors (Lipinski definition) is 0. The average molecular weight is 436 g/mol. The molecule has 0 nitrogen and oxygen atoms in total. The predicted molar refractivity (Wildman–Crippen MR) is 8.54 cm³/mol. The van der Waals surface area contributed by atoms with Gasteiger partial charge in [-0.1, -0.05) is 0 Å². The van der Waals surface area contributed by atoms with Crippen LogP contribution < -0.4 is 0 Å². The van der Waals surface area contributed by atoms with Crippen molar-refractivity contribution in [3.8, 4) is 0 Å². The van der Waals surface area contributed by atoms with E-state index in [4.69, 9.17) is 0 Å². The minimum Gasteiger partial charge on any atom is 0 e. The van der Waals surface area contributed by atoms with Gasteiger partial charge in [0.1, 0.15) is 0 Å². The SMILES string of the molecule is [Ag].[Cu].[Mo].[SnH2].[Ti]. The zero-order chi connectivity index (χ0) is 0. The summed E-state index contributed by atoms with van der Waals surface area (Å²) >= 11 is 0. The van der Waals surface area contributed by atoms with Crippen LogP contribution in [0.2, 0.25) is 0 Å².